The van der Waals surface area contributed by atoms with E-state index in [1.807, 2.05) is 18.2 Å². The Morgan fingerprint density at radius 1 is 0.955 bits per heavy atom. The minimum absolute atomic E-state index is 0.0456. The van der Waals surface area contributed by atoms with Crippen LogP contribution in [0.2, 0.25) is 0 Å². The van der Waals surface area contributed by atoms with Crippen LogP contribution in [-0.2, 0) is 12.8 Å². The fourth-order valence-electron chi connectivity index (χ4n) is 2.93. The van der Waals surface area contributed by atoms with Gasteiger partial charge in [0.05, 0.1) is 18.8 Å². The van der Waals surface area contributed by atoms with E-state index < -0.39 is 12.2 Å². The number of amides is 2. The second kappa shape index (κ2) is 5.67. The molecule has 1 aromatic carbocycles. The van der Waals surface area contributed by atoms with Gasteiger partial charge in [-0.3, -0.25) is 0 Å². The number of guanidine groups is 1. The molecule has 0 unspecified atom stereocenters. The molecular weight excluding hydrogens is 286 g/mol. The van der Waals surface area contributed by atoms with Gasteiger partial charge in [-0.1, -0.05) is 6.07 Å². The molecule has 1 saturated heterocycles. The van der Waals surface area contributed by atoms with Crippen molar-refractivity contribution >= 4 is 23.8 Å². The molecule has 7 nitrogen and oxygen atoms in total. The summed E-state index contributed by atoms with van der Waals surface area (Å²) in [5.74, 6) is -0.0456. The first kappa shape index (κ1) is 14.4. The zero-order chi connectivity index (χ0) is 15.7. The zero-order valence-electron chi connectivity index (χ0n) is 12.0. The molecule has 1 aromatic rings. The Kier molecular flexibility index (Phi) is 3.70. The number of rotatable bonds is 1. The van der Waals surface area contributed by atoms with E-state index in [1.165, 1.54) is 17.5 Å². The van der Waals surface area contributed by atoms with Crippen molar-refractivity contribution < 1.29 is 19.8 Å². The van der Waals surface area contributed by atoms with Crippen LogP contribution in [0.4, 0.5) is 15.3 Å². The Hall–Kier alpha value is -2.57. The lowest BCUT2D eigenvalue weighted by Crippen LogP contribution is -2.39. The number of nitrogens with zero attached hydrogens (tertiary/aromatic N) is 3. The summed E-state index contributed by atoms with van der Waals surface area (Å²) in [6.07, 6.45) is 1.96. The Bertz CT molecular complexity index is 632. The number of hydrogen-bond donors (Lipinski definition) is 2. The van der Waals surface area contributed by atoms with E-state index in [-0.39, 0.29) is 19.0 Å². The normalized spacial score (nSPS) is 17.4. The molecule has 22 heavy (non-hydrogen) atoms. The SMILES string of the molecule is O=C(O)N1CCN(C(=O)O)C1=Nc1ccc2c(c1)CCCC2. The van der Waals surface area contributed by atoms with Gasteiger partial charge in [0.1, 0.15) is 0 Å². The average Bonchev–Trinajstić information content (AvgIpc) is 2.91. The fourth-order valence-corrected chi connectivity index (χ4v) is 2.93. The van der Waals surface area contributed by atoms with E-state index in [0.29, 0.717) is 5.69 Å². The number of hydrogen-bond acceptors (Lipinski definition) is 3. The van der Waals surface area contributed by atoms with Crippen molar-refractivity contribution in [1.82, 2.24) is 9.80 Å². The fraction of sp³-hybridized carbons (Fsp3) is 0.400. The lowest BCUT2D eigenvalue weighted by molar-refractivity contribution is 0.171. The lowest BCUT2D eigenvalue weighted by Gasteiger charge is -2.18. The van der Waals surface area contributed by atoms with Crippen LogP contribution in [0.5, 0.6) is 0 Å². The van der Waals surface area contributed by atoms with Crippen LogP contribution in [0.15, 0.2) is 23.2 Å². The van der Waals surface area contributed by atoms with Crippen LogP contribution < -0.4 is 0 Å². The van der Waals surface area contributed by atoms with Crippen molar-refractivity contribution in [2.45, 2.75) is 25.7 Å². The zero-order valence-corrected chi connectivity index (χ0v) is 12.0. The summed E-state index contributed by atoms with van der Waals surface area (Å²) in [6.45, 7) is 0.205. The Balaban J connectivity index is 1.96. The molecule has 1 aliphatic heterocycles. The van der Waals surface area contributed by atoms with E-state index >= 15 is 0 Å². The molecule has 3 rings (SSSR count). The number of fused-ring (bicyclic) bond motifs is 1. The van der Waals surface area contributed by atoms with Gasteiger partial charge in [0.25, 0.3) is 0 Å². The molecule has 2 aliphatic rings. The molecule has 2 amide bonds. The molecule has 0 saturated carbocycles. The molecule has 7 heteroatoms. The summed E-state index contributed by atoms with van der Waals surface area (Å²) >= 11 is 0. The van der Waals surface area contributed by atoms with Crippen LogP contribution >= 0.6 is 0 Å². The van der Waals surface area contributed by atoms with Gasteiger partial charge in [0.2, 0.25) is 5.96 Å². The smallest absolute Gasteiger partial charge is 0.414 e. The molecule has 0 atom stereocenters. The van der Waals surface area contributed by atoms with E-state index in [9.17, 15) is 19.8 Å². The molecule has 0 spiro atoms. The number of carbonyl (C=O) groups is 2. The highest BCUT2D eigenvalue weighted by atomic mass is 16.4. The minimum atomic E-state index is -1.19. The second-order valence-electron chi connectivity index (χ2n) is 5.44. The number of benzene rings is 1. The largest absolute Gasteiger partial charge is 0.465 e. The minimum Gasteiger partial charge on any atom is -0.465 e. The van der Waals surface area contributed by atoms with Gasteiger partial charge in [-0.25, -0.2) is 24.4 Å². The predicted octanol–water partition coefficient (Wildman–Crippen LogP) is 2.53. The molecule has 116 valence electrons. The summed E-state index contributed by atoms with van der Waals surface area (Å²) in [5, 5.41) is 18.4. The molecule has 1 aliphatic carbocycles. The third-order valence-corrected chi connectivity index (χ3v) is 4.05. The molecule has 2 N–H and O–H groups in total. The molecule has 0 bridgehead atoms. The summed E-state index contributed by atoms with van der Waals surface area (Å²) < 4.78 is 0. The van der Waals surface area contributed by atoms with Gasteiger partial charge >= 0.3 is 12.2 Å². The van der Waals surface area contributed by atoms with E-state index in [2.05, 4.69) is 4.99 Å². The van der Waals surface area contributed by atoms with Gasteiger partial charge in [-0.15, -0.1) is 0 Å². The quantitative estimate of drug-likeness (QED) is 0.833. The molecule has 0 aromatic heterocycles. The average molecular weight is 303 g/mol. The third kappa shape index (κ3) is 2.61. The summed E-state index contributed by atoms with van der Waals surface area (Å²) in [4.78, 5) is 28.7. The highest BCUT2D eigenvalue weighted by Crippen LogP contribution is 2.26. The maximum atomic E-state index is 11.2. The first-order valence-electron chi connectivity index (χ1n) is 7.27. The van der Waals surface area contributed by atoms with Crippen LogP contribution in [-0.4, -0.2) is 51.2 Å². The lowest BCUT2D eigenvalue weighted by atomic mass is 9.91. The first-order valence-corrected chi connectivity index (χ1v) is 7.27. The first-order chi connectivity index (χ1) is 10.6. The molecular formula is C15H17N3O4. The summed E-state index contributed by atoms with van der Waals surface area (Å²) in [5.41, 5.74) is 3.11. The van der Waals surface area contributed by atoms with E-state index in [4.69, 9.17) is 0 Å². The Morgan fingerprint density at radius 2 is 1.55 bits per heavy atom. The standard InChI is InChI=1S/C15H17N3O4/c19-14(20)17-7-8-18(15(21)22)13(17)16-12-6-5-10-3-1-2-4-11(10)9-12/h5-6,9H,1-4,7-8H2,(H,19,20)(H,21,22). The molecule has 1 fully saturated rings. The van der Waals surface area contributed by atoms with Crippen molar-refractivity contribution in [3.8, 4) is 0 Å². The third-order valence-electron chi connectivity index (χ3n) is 4.05. The van der Waals surface area contributed by atoms with E-state index in [1.54, 1.807) is 0 Å². The van der Waals surface area contributed by atoms with Crippen molar-refractivity contribution in [1.29, 1.82) is 0 Å². The van der Waals surface area contributed by atoms with Crippen molar-refractivity contribution in [2.24, 2.45) is 4.99 Å². The van der Waals surface area contributed by atoms with Gasteiger partial charge in [-0.05, 0) is 48.9 Å². The number of aryl methyl sites for hydroxylation is 2. The summed E-state index contributed by atoms with van der Waals surface area (Å²) in [7, 11) is 0. The second-order valence-corrected chi connectivity index (χ2v) is 5.44. The van der Waals surface area contributed by atoms with Crippen molar-refractivity contribution in [3.63, 3.8) is 0 Å². The highest BCUT2D eigenvalue weighted by Gasteiger charge is 2.35. The maximum Gasteiger partial charge on any atom is 0.414 e. The van der Waals surface area contributed by atoms with Crippen molar-refractivity contribution in [2.75, 3.05) is 13.1 Å². The van der Waals surface area contributed by atoms with Crippen LogP contribution in [0.1, 0.15) is 24.0 Å². The monoisotopic (exact) mass is 303 g/mol. The summed E-state index contributed by atoms with van der Waals surface area (Å²) in [6, 6.07) is 5.74. The predicted molar refractivity (Wildman–Crippen MR) is 79.6 cm³/mol. The molecule has 0 radical (unpaired) electrons. The van der Waals surface area contributed by atoms with Crippen LogP contribution in [0.3, 0.4) is 0 Å². The van der Waals surface area contributed by atoms with Gasteiger partial charge < -0.3 is 10.2 Å². The van der Waals surface area contributed by atoms with Crippen molar-refractivity contribution in [3.05, 3.63) is 29.3 Å². The molecule has 1 heterocycles. The van der Waals surface area contributed by atoms with Gasteiger partial charge in [0, 0.05) is 0 Å². The van der Waals surface area contributed by atoms with Gasteiger partial charge in [-0.2, -0.15) is 0 Å². The Morgan fingerprint density at radius 3 is 2.14 bits per heavy atom. The highest BCUT2D eigenvalue weighted by molar-refractivity contribution is 6.03. The van der Waals surface area contributed by atoms with Gasteiger partial charge in [0.15, 0.2) is 0 Å². The number of aliphatic imine (C=N–C) groups is 1. The number of carboxylic acid groups (broad SMARTS) is 2. The van der Waals surface area contributed by atoms with Crippen LogP contribution in [0, 0.1) is 0 Å². The van der Waals surface area contributed by atoms with E-state index in [0.717, 1.165) is 29.1 Å². The topological polar surface area (TPSA) is 93.4 Å². The maximum absolute atomic E-state index is 11.2. The Labute approximate surface area is 127 Å². The van der Waals surface area contributed by atoms with Crippen LogP contribution in [0.25, 0.3) is 0 Å².